The van der Waals surface area contributed by atoms with Crippen molar-refractivity contribution in [2.24, 2.45) is 0 Å². The molecule has 2 N–H and O–H groups in total. The zero-order valence-electron chi connectivity index (χ0n) is 14.8. The number of rotatable bonds is 7. The van der Waals surface area contributed by atoms with E-state index >= 15 is 0 Å². The zero-order valence-corrected chi connectivity index (χ0v) is 16.4. The summed E-state index contributed by atoms with van der Waals surface area (Å²) in [5.41, 5.74) is 1.04. The maximum atomic E-state index is 12.8. The third-order valence-corrected chi connectivity index (χ3v) is 5.54. The third-order valence-electron chi connectivity index (χ3n) is 4.27. The van der Waals surface area contributed by atoms with Gasteiger partial charge in [0.05, 0.1) is 0 Å². The van der Waals surface area contributed by atoms with E-state index in [1.165, 1.54) is 0 Å². The Morgan fingerprint density at radius 1 is 1.04 bits per heavy atom. The molecule has 2 aromatic rings. The van der Waals surface area contributed by atoms with E-state index in [-0.39, 0.29) is 23.6 Å². The van der Waals surface area contributed by atoms with Crippen LogP contribution in [0.25, 0.3) is 0 Å². The molecule has 140 valence electrons. The summed E-state index contributed by atoms with van der Waals surface area (Å²) in [7, 11) is 0. The molecule has 0 aromatic heterocycles. The van der Waals surface area contributed by atoms with Crippen LogP contribution in [0.1, 0.15) is 10.8 Å². The second-order valence-corrected chi connectivity index (χ2v) is 7.28. The van der Waals surface area contributed by atoms with Gasteiger partial charge in [-0.3, -0.25) is 9.69 Å². The van der Waals surface area contributed by atoms with Crippen LogP contribution in [-0.2, 0) is 4.79 Å². The minimum absolute atomic E-state index is 0. The lowest BCUT2D eigenvalue weighted by Crippen LogP contribution is -2.46. The van der Waals surface area contributed by atoms with Gasteiger partial charge >= 0.3 is 0 Å². The summed E-state index contributed by atoms with van der Waals surface area (Å²) in [5, 5.41) is 6.25. The average Bonchev–Trinajstić information content (AvgIpc) is 2.68. The number of hydrogen-bond acceptors (Lipinski definition) is 4. The molecule has 1 fully saturated rings. The van der Waals surface area contributed by atoms with E-state index in [2.05, 4.69) is 27.7 Å². The molecule has 1 heterocycles. The van der Waals surface area contributed by atoms with Gasteiger partial charge in [0, 0.05) is 44.2 Å². The van der Waals surface area contributed by atoms with Gasteiger partial charge in [0.2, 0.25) is 5.91 Å². The van der Waals surface area contributed by atoms with Crippen molar-refractivity contribution < 1.29 is 4.79 Å². The minimum Gasteiger partial charge on any atom is -0.354 e. The van der Waals surface area contributed by atoms with Crippen LogP contribution in [0.3, 0.4) is 0 Å². The highest BCUT2D eigenvalue weighted by molar-refractivity contribution is 8.00. The molecule has 0 bridgehead atoms. The Labute approximate surface area is 166 Å². The van der Waals surface area contributed by atoms with Crippen LogP contribution in [-0.4, -0.2) is 50.1 Å². The number of nitrogens with zero attached hydrogens (tertiary/aromatic N) is 1. The Balaban J connectivity index is 0.00000243. The molecule has 0 radical (unpaired) electrons. The zero-order chi connectivity index (χ0) is 17.3. The van der Waals surface area contributed by atoms with Crippen LogP contribution in [0.15, 0.2) is 65.6 Å². The van der Waals surface area contributed by atoms with Gasteiger partial charge in [-0.1, -0.05) is 48.5 Å². The molecule has 1 saturated heterocycles. The second kappa shape index (κ2) is 11.2. The first-order valence-corrected chi connectivity index (χ1v) is 9.68. The molecular weight excluding hydrogens is 366 g/mol. The van der Waals surface area contributed by atoms with Gasteiger partial charge in [-0.25, -0.2) is 0 Å². The van der Waals surface area contributed by atoms with Crippen molar-refractivity contribution in [2.75, 3.05) is 39.3 Å². The predicted molar refractivity (Wildman–Crippen MR) is 111 cm³/mol. The van der Waals surface area contributed by atoms with Gasteiger partial charge in [0.1, 0.15) is 5.25 Å². The van der Waals surface area contributed by atoms with Gasteiger partial charge < -0.3 is 10.6 Å². The number of carbonyl (C=O) groups excluding carboxylic acids is 1. The quantitative estimate of drug-likeness (QED) is 0.712. The summed E-state index contributed by atoms with van der Waals surface area (Å²) in [6.07, 6.45) is 0. The molecule has 26 heavy (non-hydrogen) atoms. The Hall–Kier alpha value is -1.53. The fourth-order valence-corrected chi connectivity index (χ4v) is 3.97. The van der Waals surface area contributed by atoms with Crippen molar-refractivity contribution in [1.82, 2.24) is 15.5 Å². The Bertz CT molecular complexity index is 651. The summed E-state index contributed by atoms with van der Waals surface area (Å²) in [5.74, 6) is 0.0789. The molecule has 6 heteroatoms. The van der Waals surface area contributed by atoms with Crippen LogP contribution in [0.4, 0.5) is 0 Å². The van der Waals surface area contributed by atoms with Gasteiger partial charge in [-0.05, 0) is 17.7 Å². The summed E-state index contributed by atoms with van der Waals surface area (Å²) in [6.45, 7) is 5.77. The Morgan fingerprint density at radius 3 is 2.31 bits per heavy atom. The molecule has 0 saturated carbocycles. The van der Waals surface area contributed by atoms with Crippen molar-refractivity contribution in [3.63, 3.8) is 0 Å². The molecule has 1 unspecified atom stereocenters. The highest BCUT2D eigenvalue weighted by atomic mass is 35.5. The molecule has 1 aliphatic rings. The average molecular weight is 392 g/mol. The van der Waals surface area contributed by atoms with Crippen LogP contribution < -0.4 is 10.6 Å². The topological polar surface area (TPSA) is 44.4 Å². The van der Waals surface area contributed by atoms with Crippen molar-refractivity contribution in [3.05, 3.63) is 66.2 Å². The summed E-state index contributed by atoms with van der Waals surface area (Å²) in [6, 6.07) is 20.1. The van der Waals surface area contributed by atoms with E-state index in [4.69, 9.17) is 0 Å². The molecule has 2 aromatic carbocycles. The van der Waals surface area contributed by atoms with Gasteiger partial charge in [-0.2, -0.15) is 0 Å². The van der Waals surface area contributed by atoms with Crippen LogP contribution in [0.2, 0.25) is 0 Å². The molecule has 0 aliphatic carbocycles. The van der Waals surface area contributed by atoms with E-state index in [0.717, 1.165) is 43.2 Å². The normalized spacial score (nSPS) is 15.7. The fourth-order valence-electron chi connectivity index (χ4n) is 2.90. The fraction of sp³-hybridized carbons (Fsp3) is 0.350. The Kier molecular flexibility index (Phi) is 8.98. The number of hydrogen-bond donors (Lipinski definition) is 2. The third kappa shape index (κ3) is 6.32. The lowest BCUT2D eigenvalue weighted by atomic mass is 10.1. The molecule has 3 rings (SSSR count). The van der Waals surface area contributed by atoms with Crippen LogP contribution in [0, 0.1) is 0 Å². The first kappa shape index (κ1) is 20.8. The number of amides is 1. The van der Waals surface area contributed by atoms with Crippen molar-refractivity contribution in [1.29, 1.82) is 0 Å². The van der Waals surface area contributed by atoms with E-state index in [1.54, 1.807) is 11.8 Å². The lowest BCUT2D eigenvalue weighted by molar-refractivity contribution is -0.120. The lowest BCUT2D eigenvalue weighted by Gasteiger charge is -2.27. The number of halogens is 1. The van der Waals surface area contributed by atoms with Crippen LogP contribution in [0.5, 0.6) is 0 Å². The van der Waals surface area contributed by atoms with E-state index < -0.39 is 0 Å². The van der Waals surface area contributed by atoms with E-state index in [1.807, 2.05) is 48.5 Å². The molecule has 4 nitrogen and oxygen atoms in total. The number of thioether (sulfide) groups is 1. The SMILES string of the molecule is Cl.O=C(NCCN1CCNCC1)C(Sc1ccccc1)c1ccccc1. The second-order valence-electron chi connectivity index (χ2n) is 6.10. The summed E-state index contributed by atoms with van der Waals surface area (Å²) >= 11 is 1.60. The molecular formula is C20H26ClN3OS. The van der Waals surface area contributed by atoms with E-state index in [9.17, 15) is 4.79 Å². The van der Waals surface area contributed by atoms with Crippen molar-refractivity contribution in [3.8, 4) is 0 Å². The first-order valence-electron chi connectivity index (χ1n) is 8.80. The Morgan fingerprint density at radius 2 is 1.65 bits per heavy atom. The highest BCUT2D eigenvalue weighted by Gasteiger charge is 2.21. The maximum Gasteiger partial charge on any atom is 0.238 e. The van der Waals surface area contributed by atoms with Gasteiger partial charge in [0.25, 0.3) is 0 Å². The maximum absolute atomic E-state index is 12.8. The number of benzene rings is 2. The summed E-state index contributed by atoms with van der Waals surface area (Å²) in [4.78, 5) is 16.3. The van der Waals surface area contributed by atoms with Gasteiger partial charge in [0.15, 0.2) is 0 Å². The first-order chi connectivity index (χ1) is 12.3. The van der Waals surface area contributed by atoms with Crippen molar-refractivity contribution >= 4 is 30.1 Å². The van der Waals surface area contributed by atoms with Crippen molar-refractivity contribution in [2.45, 2.75) is 10.1 Å². The van der Waals surface area contributed by atoms with Gasteiger partial charge in [-0.15, -0.1) is 24.2 Å². The monoisotopic (exact) mass is 391 g/mol. The highest BCUT2D eigenvalue weighted by Crippen LogP contribution is 2.35. The predicted octanol–water partition coefficient (Wildman–Crippen LogP) is 2.96. The number of nitrogens with one attached hydrogen (secondary N) is 2. The van der Waals surface area contributed by atoms with E-state index in [0.29, 0.717) is 6.54 Å². The standard InChI is InChI=1S/C20H25N3OS.ClH/c24-20(22-13-16-23-14-11-21-12-15-23)19(17-7-3-1-4-8-17)25-18-9-5-2-6-10-18;/h1-10,19,21H,11-16H2,(H,22,24);1H. The molecule has 1 atom stereocenters. The number of carbonyl (C=O) groups is 1. The number of piperazine rings is 1. The largest absolute Gasteiger partial charge is 0.354 e. The molecule has 1 amide bonds. The smallest absolute Gasteiger partial charge is 0.238 e. The summed E-state index contributed by atoms with van der Waals surface area (Å²) < 4.78 is 0. The molecule has 1 aliphatic heterocycles. The van der Waals surface area contributed by atoms with Crippen LogP contribution >= 0.6 is 24.2 Å². The molecule has 0 spiro atoms. The minimum atomic E-state index is -0.230.